The molecule has 0 aliphatic carbocycles. The predicted octanol–water partition coefficient (Wildman–Crippen LogP) is -2.65. The monoisotopic (exact) mass is 428 g/mol. The molecule has 8 N–H and O–H groups in total. The lowest BCUT2D eigenvalue weighted by Gasteiger charge is -2.23. The Morgan fingerprint density at radius 2 is 1.59 bits per heavy atom. The molecule has 1 aromatic rings. The van der Waals surface area contributed by atoms with Crippen LogP contribution in [0.25, 0.3) is 0 Å². The Labute approximate surface area is 172 Å². The Hall–Kier alpha value is -2.83. The zero-order valence-electron chi connectivity index (χ0n) is 15.4. The molecule has 160 valence electrons. The summed E-state index contributed by atoms with van der Waals surface area (Å²) in [4.78, 5) is 47.2. The third-order valence-corrected chi connectivity index (χ3v) is 4.17. The Morgan fingerprint density at radius 3 is 2.10 bits per heavy atom. The van der Waals surface area contributed by atoms with Crippen LogP contribution in [0.5, 0.6) is 5.75 Å². The number of benzene rings is 1. The fourth-order valence-electron chi connectivity index (χ4n) is 2.19. The first-order chi connectivity index (χ1) is 13.7. The number of carbonyl (C=O) groups excluding carboxylic acids is 3. The average Bonchev–Trinajstić information content (AvgIpc) is 2.70. The van der Waals surface area contributed by atoms with Crippen LogP contribution in [0.2, 0.25) is 0 Å². The van der Waals surface area contributed by atoms with Crippen molar-refractivity contribution >= 4 is 36.3 Å². The number of amides is 3. The number of aromatic hydroxyl groups is 1. The summed E-state index contributed by atoms with van der Waals surface area (Å²) in [6.45, 7) is -1.47. The third-order valence-electron chi connectivity index (χ3n) is 3.77. The van der Waals surface area contributed by atoms with E-state index >= 15 is 0 Å². The third kappa shape index (κ3) is 8.37. The Kier molecular flexibility index (Phi) is 9.92. The minimum Gasteiger partial charge on any atom is -0.508 e. The molecule has 0 heterocycles. The number of carboxylic acid groups (broad SMARTS) is 1. The van der Waals surface area contributed by atoms with Crippen LogP contribution in [-0.4, -0.2) is 76.0 Å². The average molecular weight is 428 g/mol. The van der Waals surface area contributed by atoms with Crippen molar-refractivity contribution in [1.29, 1.82) is 0 Å². The topological polar surface area (TPSA) is 191 Å². The van der Waals surface area contributed by atoms with Gasteiger partial charge in [0.15, 0.2) is 0 Å². The van der Waals surface area contributed by atoms with Gasteiger partial charge in [0, 0.05) is 12.2 Å². The van der Waals surface area contributed by atoms with Gasteiger partial charge in [0.25, 0.3) is 0 Å². The van der Waals surface area contributed by atoms with E-state index in [4.69, 9.17) is 10.8 Å². The number of carbonyl (C=O) groups is 4. The Balaban J connectivity index is 2.92. The molecule has 0 saturated carbocycles. The van der Waals surface area contributed by atoms with Gasteiger partial charge in [-0.1, -0.05) is 12.1 Å². The second kappa shape index (κ2) is 11.9. The van der Waals surface area contributed by atoms with Crippen LogP contribution in [-0.2, 0) is 25.6 Å². The van der Waals surface area contributed by atoms with Crippen molar-refractivity contribution in [2.45, 2.75) is 24.5 Å². The van der Waals surface area contributed by atoms with Crippen LogP contribution >= 0.6 is 12.6 Å². The molecule has 0 radical (unpaired) electrons. The van der Waals surface area contributed by atoms with E-state index in [-0.39, 0.29) is 17.9 Å². The van der Waals surface area contributed by atoms with Gasteiger partial charge in [0.05, 0.1) is 12.6 Å². The largest absolute Gasteiger partial charge is 0.508 e. The van der Waals surface area contributed by atoms with Gasteiger partial charge < -0.3 is 37.0 Å². The van der Waals surface area contributed by atoms with Crippen molar-refractivity contribution in [3.05, 3.63) is 29.8 Å². The quantitative estimate of drug-likeness (QED) is 0.175. The number of nitrogens with one attached hydrogen (secondary N) is 3. The second-order valence-corrected chi connectivity index (χ2v) is 6.44. The molecule has 1 aromatic carbocycles. The fraction of sp³-hybridized carbons (Fsp3) is 0.412. The molecule has 0 bridgehead atoms. The van der Waals surface area contributed by atoms with Crippen molar-refractivity contribution in [2.24, 2.45) is 5.73 Å². The van der Waals surface area contributed by atoms with Crippen LogP contribution in [0.4, 0.5) is 0 Å². The highest BCUT2D eigenvalue weighted by atomic mass is 32.1. The fourth-order valence-corrected chi connectivity index (χ4v) is 2.36. The summed E-state index contributed by atoms with van der Waals surface area (Å²) in [5.74, 6) is -3.57. The van der Waals surface area contributed by atoms with Crippen LogP contribution in [0.15, 0.2) is 24.3 Å². The van der Waals surface area contributed by atoms with Gasteiger partial charge in [-0.2, -0.15) is 12.6 Å². The predicted molar refractivity (Wildman–Crippen MR) is 105 cm³/mol. The molecule has 0 saturated heterocycles. The SMILES string of the molecule is NC(CS)C(=O)NC(Cc1ccc(O)cc1)C(=O)NC(CO)C(=O)NCC(=O)O. The molecule has 1 rings (SSSR count). The molecule has 0 aromatic heterocycles. The lowest BCUT2D eigenvalue weighted by atomic mass is 10.0. The molecule has 3 unspecified atom stereocenters. The van der Waals surface area contributed by atoms with Gasteiger partial charge in [0.1, 0.15) is 24.4 Å². The Morgan fingerprint density at radius 1 is 1.00 bits per heavy atom. The minimum absolute atomic E-state index is 0.00599. The van der Waals surface area contributed by atoms with Crippen molar-refractivity contribution in [3.63, 3.8) is 0 Å². The van der Waals surface area contributed by atoms with Gasteiger partial charge in [-0.25, -0.2) is 0 Å². The van der Waals surface area contributed by atoms with E-state index < -0.39 is 55.0 Å². The number of carboxylic acids is 1. The number of phenolic OH excluding ortho intramolecular Hbond substituents is 1. The van der Waals surface area contributed by atoms with Crippen molar-refractivity contribution in [1.82, 2.24) is 16.0 Å². The van der Waals surface area contributed by atoms with Gasteiger partial charge >= 0.3 is 5.97 Å². The molecule has 29 heavy (non-hydrogen) atoms. The Bertz CT molecular complexity index is 729. The number of hydrogen-bond acceptors (Lipinski definition) is 8. The summed E-state index contributed by atoms with van der Waals surface area (Å²) in [5, 5.41) is 34.1. The van der Waals surface area contributed by atoms with Gasteiger partial charge in [-0.15, -0.1) is 0 Å². The highest BCUT2D eigenvalue weighted by molar-refractivity contribution is 7.80. The zero-order valence-corrected chi connectivity index (χ0v) is 16.3. The van der Waals surface area contributed by atoms with E-state index in [1.807, 2.05) is 5.32 Å². The van der Waals surface area contributed by atoms with Gasteiger partial charge in [-0.3, -0.25) is 19.2 Å². The summed E-state index contributed by atoms with van der Waals surface area (Å²) in [6.07, 6.45) is 0.00599. The van der Waals surface area contributed by atoms with Crippen molar-refractivity contribution in [2.75, 3.05) is 18.9 Å². The standard InChI is InChI=1S/C17H24N4O7S/c18-11(8-29)15(26)20-12(5-9-1-3-10(23)4-2-9)17(28)21-13(7-22)16(27)19-6-14(24)25/h1-4,11-13,22-23,29H,5-8,18H2,(H,19,27)(H,20,26)(H,21,28)(H,24,25). The van der Waals surface area contributed by atoms with Crippen molar-refractivity contribution < 1.29 is 34.5 Å². The van der Waals surface area contributed by atoms with Crippen molar-refractivity contribution in [3.8, 4) is 5.75 Å². The maximum Gasteiger partial charge on any atom is 0.322 e. The smallest absolute Gasteiger partial charge is 0.322 e. The molecule has 0 fully saturated rings. The maximum atomic E-state index is 12.6. The molecule has 11 nitrogen and oxygen atoms in total. The van der Waals surface area contributed by atoms with Crippen LogP contribution in [0.3, 0.4) is 0 Å². The normalized spacial score (nSPS) is 13.6. The number of rotatable bonds is 11. The molecule has 3 amide bonds. The maximum absolute atomic E-state index is 12.6. The summed E-state index contributed by atoms with van der Waals surface area (Å²) in [7, 11) is 0. The number of nitrogens with two attached hydrogens (primary N) is 1. The number of phenols is 1. The molecule has 3 atom stereocenters. The summed E-state index contributed by atoms with van der Waals surface area (Å²) in [5.41, 5.74) is 6.20. The number of aliphatic carboxylic acids is 1. The first-order valence-corrected chi connectivity index (χ1v) is 9.16. The number of aliphatic hydroxyl groups is 1. The lowest BCUT2D eigenvalue weighted by molar-refractivity contribution is -0.138. The number of hydrogen-bond donors (Lipinski definition) is 8. The summed E-state index contributed by atoms with van der Waals surface area (Å²) in [6, 6.07) is 2.36. The molecule has 12 heteroatoms. The second-order valence-electron chi connectivity index (χ2n) is 6.08. The van der Waals surface area contributed by atoms with E-state index in [1.165, 1.54) is 12.1 Å². The molecule has 0 spiro atoms. The van der Waals surface area contributed by atoms with Crippen LogP contribution in [0, 0.1) is 0 Å². The first kappa shape index (κ1) is 24.2. The first-order valence-electron chi connectivity index (χ1n) is 8.53. The highest BCUT2D eigenvalue weighted by Crippen LogP contribution is 2.11. The molecule has 0 aliphatic rings. The van der Waals surface area contributed by atoms with E-state index in [0.29, 0.717) is 5.56 Å². The molecular formula is C17H24N4O7S. The van der Waals surface area contributed by atoms with E-state index in [1.54, 1.807) is 12.1 Å². The lowest BCUT2D eigenvalue weighted by Crippen LogP contribution is -2.57. The van der Waals surface area contributed by atoms with Crippen LogP contribution < -0.4 is 21.7 Å². The number of thiol groups is 1. The van der Waals surface area contributed by atoms with Crippen LogP contribution in [0.1, 0.15) is 5.56 Å². The van der Waals surface area contributed by atoms with Gasteiger partial charge in [0.2, 0.25) is 17.7 Å². The van der Waals surface area contributed by atoms with E-state index in [9.17, 15) is 29.4 Å². The van der Waals surface area contributed by atoms with E-state index in [0.717, 1.165) is 0 Å². The molecular weight excluding hydrogens is 404 g/mol. The summed E-state index contributed by atoms with van der Waals surface area (Å²) < 4.78 is 0. The van der Waals surface area contributed by atoms with Gasteiger partial charge in [-0.05, 0) is 17.7 Å². The molecule has 0 aliphatic heterocycles. The summed E-state index contributed by atoms with van der Waals surface area (Å²) >= 11 is 3.93. The number of aliphatic hydroxyl groups excluding tert-OH is 1. The minimum atomic E-state index is -1.42. The highest BCUT2D eigenvalue weighted by Gasteiger charge is 2.28. The zero-order chi connectivity index (χ0) is 22.0. The van der Waals surface area contributed by atoms with E-state index in [2.05, 4.69) is 23.3 Å².